The number of ether oxygens (including phenoxy) is 1. The van der Waals surface area contributed by atoms with Crippen molar-refractivity contribution in [3.63, 3.8) is 0 Å². The molecule has 7 heteroatoms. The first kappa shape index (κ1) is 18.5. The number of amides is 2. The van der Waals surface area contributed by atoms with Crippen LogP contribution in [-0.2, 0) is 9.59 Å². The quantitative estimate of drug-likeness (QED) is 0.858. The molecule has 0 aromatic heterocycles. The van der Waals surface area contributed by atoms with E-state index in [0.717, 1.165) is 18.5 Å². The van der Waals surface area contributed by atoms with Crippen molar-refractivity contribution in [2.75, 3.05) is 18.6 Å². The van der Waals surface area contributed by atoms with Gasteiger partial charge in [0, 0.05) is 18.5 Å². The van der Waals surface area contributed by atoms with Gasteiger partial charge in [0.1, 0.15) is 11.8 Å². The number of anilines is 1. The van der Waals surface area contributed by atoms with Gasteiger partial charge in [0.25, 0.3) is 0 Å². The number of methoxy groups -OCH3 is 1. The first-order valence-corrected chi connectivity index (χ1v) is 8.10. The molecule has 3 rings (SSSR count). The van der Waals surface area contributed by atoms with Crippen molar-refractivity contribution < 1.29 is 14.3 Å². The van der Waals surface area contributed by atoms with Crippen molar-refractivity contribution in [3.05, 3.63) is 24.3 Å². The normalized spacial score (nSPS) is 26.2. The molecule has 0 bridgehead atoms. The van der Waals surface area contributed by atoms with Gasteiger partial charge in [-0.25, -0.2) is 0 Å². The highest BCUT2D eigenvalue weighted by Crippen LogP contribution is 2.31. The van der Waals surface area contributed by atoms with E-state index in [4.69, 9.17) is 10.5 Å². The molecule has 3 atom stereocenters. The minimum atomic E-state index is -0.454. The lowest BCUT2D eigenvalue weighted by Crippen LogP contribution is -2.43. The summed E-state index contributed by atoms with van der Waals surface area (Å²) < 4.78 is 5.32. The van der Waals surface area contributed by atoms with Gasteiger partial charge >= 0.3 is 0 Å². The summed E-state index contributed by atoms with van der Waals surface area (Å²) in [4.78, 5) is 26.6. The molecule has 1 aliphatic carbocycles. The largest absolute Gasteiger partial charge is 0.495 e. The maximum Gasteiger partial charge on any atom is 0.249 e. The standard InChI is InChI=1S/C17H23N3O3.ClH/c1-23-15-5-3-2-4-14(15)20-9-8-13(17(20)22)19-16(21)11-6-7-12(18)10-11;/h2-5,11-13H,6-10,18H2,1H3,(H,19,21);1H. The van der Waals surface area contributed by atoms with Gasteiger partial charge in [-0.15, -0.1) is 12.4 Å². The molecule has 3 N–H and O–H groups in total. The number of nitrogens with one attached hydrogen (secondary N) is 1. The summed E-state index contributed by atoms with van der Waals surface area (Å²) in [7, 11) is 1.59. The Bertz CT molecular complexity index is 610. The molecule has 6 nitrogen and oxygen atoms in total. The number of nitrogens with zero attached hydrogens (tertiary/aromatic N) is 1. The Morgan fingerprint density at radius 2 is 2.04 bits per heavy atom. The van der Waals surface area contributed by atoms with E-state index in [1.54, 1.807) is 12.0 Å². The Labute approximate surface area is 148 Å². The van der Waals surface area contributed by atoms with Gasteiger partial charge in [-0.3, -0.25) is 9.59 Å². The number of hydrogen-bond donors (Lipinski definition) is 2. The van der Waals surface area contributed by atoms with E-state index < -0.39 is 6.04 Å². The van der Waals surface area contributed by atoms with Gasteiger partial charge in [0.2, 0.25) is 11.8 Å². The van der Waals surface area contributed by atoms with Crippen LogP contribution in [0.25, 0.3) is 0 Å². The fourth-order valence-corrected chi connectivity index (χ4v) is 3.45. The predicted molar refractivity (Wildman–Crippen MR) is 94.5 cm³/mol. The molecule has 2 aliphatic rings. The fraction of sp³-hybridized carbons (Fsp3) is 0.529. The molecule has 1 aromatic carbocycles. The minimum absolute atomic E-state index is 0. The smallest absolute Gasteiger partial charge is 0.249 e. The Balaban J connectivity index is 0.00000208. The zero-order chi connectivity index (χ0) is 16.4. The molecule has 1 heterocycles. The lowest BCUT2D eigenvalue weighted by molar-refractivity contribution is -0.129. The van der Waals surface area contributed by atoms with Crippen LogP contribution in [0.2, 0.25) is 0 Å². The first-order chi connectivity index (χ1) is 11.1. The van der Waals surface area contributed by atoms with Gasteiger partial charge in [-0.05, 0) is 37.8 Å². The summed E-state index contributed by atoms with van der Waals surface area (Å²) in [5.41, 5.74) is 6.61. The summed E-state index contributed by atoms with van der Waals surface area (Å²) in [6.45, 7) is 0.578. The SMILES string of the molecule is COc1ccccc1N1CCC(NC(=O)C2CCC(N)C2)C1=O.Cl. The fourth-order valence-electron chi connectivity index (χ4n) is 3.45. The molecular weight excluding hydrogens is 330 g/mol. The van der Waals surface area contributed by atoms with Crippen LogP contribution in [0.4, 0.5) is 5.69 Å². The zero-order valence-electron chi connectivity index (χ0n) is 13.7. The highest BCUT2D eigenvalue weighted by molar-refractivity contribution is 6.02. The summed E-state index contributed by atoms with van der Waals surface area (Å²) >= 11 is 0. The molecule has 2 fully saturated rings. The van der Waals surface area contributed by atoms with Crippen molar-refractivity contribution in [3.8, 4) is 5.75 Å². The Morgan fingerprint density at radius 1 is 1.29 bits per heavy atom. The van der Waals surface area contributed by atoms with E-state index in [2.05, 4.69) is 5.32 Å². The number of nitrogens with two attached hydrogens (primary N) is 1. The second-order valence-electron chi connectivity index (χ2n) is 6.28. The van der Waals surface area contributed by atoms with E-state index in [-0.39, 0.29) is 36.2 Å². The third kappa shape index (κ3) is 3.65. The molecule has 0 spiro atoms. The van der Waals surface area contributed by atoms with Crippen LogP contribution in [0.1, 0.15) is 25.7 Å². The van der Waals surface area contributed by atoms with Crippen LogP contribution in [0.15, 0.2) is 24.3 Å². The molecule has 1 saturated carbocycles. The molecule has 0 radical (unpaired) electrons. The topological polar surface area (TPSA) is 84.7 Å². The van der Waals surface area contributed by atoms with Crippen molar-refractivity contribution in [2.45, 2.75) is 37.8 Å². The van der Waals surface area contributed by atoms with E-state index in [1.807, 2.05) is 24.3 Å². The molecule has 24 heavy (non-hydrogen) atoms. The first-order valence-electron chi connectivity index (χ1n) is 8.10. The van der Waals surface area contributed by atoms with Crippen LogP contribution in [0.3, 0.4) is 0 Å². The third-order valence-electron chi connectivity index (χ3n) is 4.74. The Hall–Kier alpha value is -1.79. The number of hydrogen-bond acceptors (Lipinski definition) is 4. The monoisotopic (exact) mass is 353 g/mol. The highest BCUT2D eigenvalue weighted by Gasteiger charge is 2.37. The van der Waals surface area contributed by atoms with E-state index in [0.29, 0.717) is 25.1 Å². The molecule has 1 aromatic rings. The number of rotatable bonds is 4. The van der Waals surface area contributed by atoms with Crippen molar-refractivity contribution in [1.82, 2.24) is 5.32 Å². The average molecular weight is 354 g/mol. The van der Waals surface area contributed by atoms with Gasteiger partial charge in [-0.1, -0.05) is 12.1 Å². The number of para-hydroxylation sites is 2. The van der Waals surface area contributed by atoms with Crippen molar-refractivity contribution in [2.24, 2.45) is 11.7 Å². The van der Waals surface area contributed by atoms with Gasteiger partial charge in [0.15, 0.2) is 0 Å². The van der Waals surface area contributed by atoms with E-state index >= 15 is 0 Å². The summed E-state index contributed by atoms with van der Waals surface area (Å²) in [6, 6.07) is 7.08. The van der Waals surface area contributed by atoms with Gasteiger partial charge in [0.05, 0.1) is 12.8 Å². The predicted octanol–water partition coefficient (Wildman–Crippen LogP) is 1.47. The Morgan fingerprint density at radius 3 is 2.71 bits per heavy atom. The molecule has 132 valence electrons. The number of carbonyl (C=O) groups is 2. The lowest BCUT2D eigenvalue weighted by Gasteiger charge is -2.20. The Kier molecular flexibility index (Phi) is 6.07. The molecule has 1 saturated heterocycles. The van der Waals surface area contributed by atoms with Gasteiger partial charge in [-0.2, -0.15) is 0 Å². The van der Waals surface area contributed by atoms with Crippen LogP contribution in [-0.4, -0.2) is 37.6 Å². The van der Waals surface area contributed by atoms with Crippen molar-refractivity contribution in [1.29, 1.82) is 0 Å². The van der Waals surface area contributed by atoms with Crippen LogP contribution in [0.5, 0.6) is 5.75 Å². The second-order valence-corrected chi connectivity index (χ2v) is 6.28. The van der Waals surface area contributed by atoms with Crippen LogP contribution in [0, 0.1) is 5.92 Å². The van der Waals surface area contributed by atoms with Crippen molar-refractivity contribution >= 4 is 29.9 Å². The number of halogens is 1. The molecular formula is C17H24ClN3O3. The van der Waals surface area contributed by atoms with Crippen LogP contribution < -0.4 is 20.7 Å². The highest BCUT2D eigenvalue weighted by atomic mass is 35.5. The molecule has 3 unspecified atom stereocenters. The third-order valence-corrected chi connectivity index (χ3v) is 4.74. The van der Waals surface area contributed by atoms with E-state index in [9.17, 15) is 9.59 Å². The number of carbonyl (C=O) groups excluding carboxylic acids is 2. The molecule has 2 amide bonds. The lowest BCUT2D eigenvalue weighted by atomic mass is 10.1. The summed E-state index contributed by atoms with van der Waals surface area (Å²) in [6.07, 6.45) is 3.01. The summed E-state index contributed by atoms with van der Waals surface area (Å²) in [5, 5.41) is 2.90. The maximum absolute atomic E-state index is 12.6. The minimum Gasteiger partial charge on any atom is -0.495 e. The van der Waals surface area contributed by atoms with Crippen LogP contribution >= 0.6 is 12.4 Å². The average Bonchev–Trinajstić information content (AvgIpc) is 3.14. The van der Waals surface area contributed by atoms with Gasteiger partial charge < -0.3 is 20.7 Å². The van der Waals surface area contributed by atoms with E-state index in [1.165, 1.54) is 0 Å². The molecule has 1 aliphatic heterocycles. The second kappa shape index (κ2) is 7.85. The zero-order valence-corrected chi connectivity index (χ0v) is 14.6. The number of benzene rings is 1. The summed E-state index contributed by atoms with van der Waals surface area (Å²) in [5.74, 6) is 0.482. The maximum atomic E-state index is 12.6.